The third kappa shape index (κ3) is 3.03. The second-order valence-electron chi connectivity index (χ2n) is 5.84. The number of benzene rings is 1. The lowest BCUT2D eigenvalue weighted by Crippen LogP contribution is -1.97. The first-order valence-electron chi connectivity index (χ1n) is 7.85. The van der Waals surface area contributed by atoms with Crippen LogP contribution in [0, 0.1) is 0 Å². The van der Waals surface area contributed by atoms with Gasteiger partial charge in [0, 0.05) is 24.3 Å². The molecule has 0 N–H and O–H groups in total. The van der Waals surface area contributed by atoms with E-state index < -0.39 is 0 Å². The smallest absolute Gasteiger partial charge is 0.226 e. The van der Waals surface area contributed by atoms with Gasteiger partial charge in [-0.1, -0.05) is 11.8 Å². The average molecular weight is 342 g/mol. The fourth-order valence-corrected chi connectivity index (χ4v) is 3.32. The summed E-state index contributed by atoms with van der Waals surface area (Å²) in [6, 6.07) is 7.66. The maximum absolute atomic E-state index is 5.59. The van der Waals surface area contributed by atoms with Gasteiger partial charge in [-0.15, -0.1) is 10.2 Å². The molecule has 0 atom stereocenters. The first-order valence-corrected chi connectivity index (χ1v) is 8.84. The third-order valence-corrected chi connectivity index (χ3v) is 5.10. The van der Waals surface area contributed by atoms with E-state index in [0.717, 1.165) is 28.0 Å². The fourth-order valence-electron chi connectivity index (χ4n) is 2.53. The van der Waals surface area contributed by atoms with Crippen LogP contribution in [-0.4, -0.2) is 26.9 Å². The lowest BCUT2D eigenvalue weighted by Gasteiger charge is -2.01. The Labute approximate surface area is 144 Å². The van der Waals surface area contributed by atoms with E-state index in [2.05, 4.69) is 19.7 Å². The van der Waals surface area contributed by atoms with Crippen molar-refractivity contribution in [2.45, 2.75) is 29.7 Å². The van der Waals surface area contributed by atoms with Crippen molar-refractivity contribution in [1.82, 2.24) is 19.7 Å². The number of thioether (sulfide) groups is 1. The summed E-state index contributed by atoms with van der Waals surface area (Å²) < 4.78 is 12.8. The van der Waals surface area contributed by atoms with Crippen LogP contribution in [-0.2, 0) is 12.8 Å². The quantitative estimate of drug-likeness (QED) is 0.637. The van der Waals surface area contributed by atoms with E-state index in [1.807, 2.05) is 31.3 Å². The van der Waals surface area contributed by atoms with E-state index >= 15 is 0 Å². The summed E-state index contributed by atoms with van der Waals surface area (Å²) in [7, 11) is 3.68. The van der Waals surface area contributed by atoms with Crippen molar-refractivity contribution in [3.63, 3.8) is 0 Å². The van der Waals surface area contributed by atoms with E-state index in [0.29, 0.717) is 17.6 Å². The highest BCUT2D eigenvalue weighted by atomic mass is 32.2. The van der Waals surface area contributed by atoms with Crippen molar-refractivity contribution in [2.24, 2.45) is 7.05 Å². The molecule has 0 radical (unpaired) electrons. The number of hydrogen-bond donors (Lipinski definition) is 0. The van der Waals surface area contributed by atoms with Crippen molar-refractivity contribution in [2.75, 3.05) is 7.11 Å². The molecule has 1 aromatic carbocycles. The molecule has 6 nitrogen and oxygen atoms in total. The van der Waals surface area contributed by atoms with Crippen LogP contribution >= 0.6 is 11.8 Å². The fraction of sp³-hybridized carbons (Fsp3) is 0.353. The first-order chi connectivity index (χ1) is 11.7. The van der Waals surface area contributed by atoms with Crippen molar-refractivity contribution < 1.29 is 9.15 Å². The van der Waals surface area contributed by atoms with Crippen LogP contribution in [0.15, 0.2) is 40.1 Å². The molecule has 0 aliphatic heterocycles. The summed E-state index contributed by atoms with van der Waals surface area (Å²) in [5.74, 6) is 3.83. The molecule has 3 aromatic rings. The lowest BCUT2D eigenvalue weighted by atomic mass is 10.2. The van der Waals surface area contributed by atoms with Gasteiger partial charge in [-0.25, -0.2) is 4.98 Å². The van der Waals surface area contributed by atoms with Crippen molar-refractivity contribution in [3.8, 4) is 17.2 Å². The Balaban J connectivity index is 1.43. The number of aromatic nitrogens is 4. The molecule has 4 rings (SSSR count). The molecule has 1 saturated carbocycles. The largest absolute Gasteiger partial charge is 0.497 e. The number of oxazole rings is 1. The minimum Gasteiger partial charge on any atom is -0.497 e. The Bertz CT molecular complexity index is 837. The highest BCUT2D eigenvalue weighted by Crippen LogP contribution is 2.39. The molecule has 0 spiro atoms. The van der Waals surface area contributed by atoms with Crippen molar-refractivity contribution in [3.05, 3.63) is 42.0 Å². The molecule has 0 saturated heterocycles. The van der Waals surface area contributed by atoms with Crippen LogP contribution in [0.25, 0.3) is 11.5 Å². The molecule has 1 fully saturated rings. The zero-order valence-electron chi connectivity index (χ0n) is 13.6. The normalized spacial score (nSPS) is 14.1. The van der Waals surface area contributed by atoms with Gasteiger partial charge in [0.05, 0.1) is 12.8 Å². The Kier molecular flexibility index (Phi) is 4.02. The number of nitrogens with zero attached hydrogens (tertiary/aromatic N) is 4. The van der Waals surface area contributed by atoms with Gasteiger partial charge in [0.15, 0.2) is 5.16 Å². The summed E-state index contributed by atoms with van der Waals surface area (Å²) in [4.78, 5) is 4.55. The third-order valence-electron chi connectivity index (χ3n) is 4.05. The van der Waals surface area contributed by atoms with Crippen LogP contribution in [0.5, 0.6) is 5.75 Å². The topological polar surface area (TPSA) is 66.0 Å². The standard InChI is InChI=1S/C17H18N4O2S/c1-21-15(11-3-4-11)19-20-17(21)24-10-13-9-23-16(18-13)12-5-7-14(22-2)8-6-12/h5-9,11H,3-4,10H2,1-2H3. The Hall–Kier alpha value is -2.28. The van der Waals surface area contributed by atoms with Gasteiger partial charge in [-0.3, -0.25) is 0 Å². The number of methoxy groups -OCH3 is 1. The summed E-state index contributed by atoms with van der Waals surface area (Å²) in [5, 5.41) is 9.50. The number of ether oxygens (including phenoxy) is 1. The maximum atomic E-state index is 5.59. The molecule has 0 amide bonds. The molecule has 0 bridgehead atoms. The molecule has 2 aromatic heterocycles. The second kappa shape index (κ2) is 6.32. The zero-order valence-corrected chi connectivity index (χ0v) is 14.4. The summed E-state index contributed by atoms with van der Waals surface area (Å²) >= 11 is 1.63. The Morgan fingerprint density at radius 3 is 2.75 bits per heavy atom. The van der Waals surface area contributed by atoms with Crippen molar-refractivity contribution >= 4 is 11.8 Å². The van der Waals surface area contributed by atoms with Gasteiger partial charge < -0.3 is 13.7 Å². The molecular weight excluding hydrogens is 324 g/mol. The SMILES string of the molecule is COc1ccc(-c2nc(CSc3nnc(C4CC4)n3C)co2)cc1. The van der Waals surface area contributed by atoms with Gasteiger partial charge >= 0.3 is 0 Å². The predicted octanol–water partition coefficient (Wildman–Crippen LogP) is 3.65. The lowest BCUT2D eigenvalue weighted by molar-refractivity contribution is 0.415. The molecule has 24 heavy (non-hydrogen) atoms. The van der Waals surface area contributed by atoms with E-state index in [1.54, 1.807) is 25.1 Å². The van der Waals surface area contributed by atoms with Crippen LogP contribution < -0.4 is 4.74 Å². The number of rotatable bonds is 6. The van der Waals surface area contributed by atoms with Gasteiger partial charge in [0.25, 0.3) is 0 Å². The first kappa shape index (κ1) is 15.3. The monoisotopic (exact) mass is 342 g/mol. The summed E-state index contributed by atoms with van der Waals surface area (Å²) in [5.41, 5.74) is 1.82. The molecule has 0 unspecified atom stereocenters. The van der Waals surface area contributed by atoms with Crippen LogP contribution in [0.2, 0.25) is 0 Å². The van der Waals surface area contributed by atoms with Crippen LogP contribution in [0.4, 0.5) is 0 Å². The summed E-state index contributed by atoms with van der Waals surface area (Å²) in [6.45, 7) is 0. The van der Waals surface area contributed by atoms with Crippen molar-refractivity contribution in [1.29, 1.82) is 0 Å². The van der Waals surface area contributed by atoms with E-state index in [9.17, 15) is 0 Å². The minimum absolute atomic E-state index is 0.602. The number of hydrogen-bond acceptors (Lipinski definition) is 6. The van der Waals surface area contributed by atoms with E-state index in [-0.39, 0.29) is 0 Å². The van der Waals surface area contributed by atoms with Gasteiger partial charge in [0.2, 0.25) is 5.89 Å². The van der Waals surface area contributed by atoms with E-state index in [4.69, 9.17) is 9.15 Å². The zero-order chi connectivity index (χ0) is 16.5. The highest BCUT2D eigenvalue weighted by Gasteiger charge is 2.29. The van der Waals surface area contributed by atoms with Crippen LogP contribution in [0.3, 0.4) is 0 Å². The van der Waals surface area contributed by atoms with Gasteiger partial charge in [-0.05, 0) is 37.1 Å². The summed E-state index contributed by atoms with van der Waals surface area (Å²) in [6.07, 6.45) is 4.15. The maximum Gasteiger partial charge on any atom is 0.226 e. The molecule has 1 aliphatic rings. The molecule has 124 valence electrons. The highest BCUT2D eigenvalue weighted by molar-refractivity contribution is 7.98. The molecule has 2 heterocycles. The minimum atomic E-state index is 0.602. The predicted molar refractivity (Wildman–Crippen MR) is 91.0 cm³/mol. The Morgan fingerprint density at radius 2 is 2.04 bits per heavy atom. The van der Waals surface area contributed by atoms with E-state index in [1.165, 1.54) is 12.8 Å². The molecular formula is C17H18N4O2S. The Morgan fingerprint density at radius 1 is 1.25 bits per heavy atom. The average Bonchev–Trinajstić information content (AvgIpc) is 3.23. The molecule has 1 aliphatic carbocycles. The molecule has 7 heteroatoms. The van der Waals surface area contributed by atoms with Gasteiger partial charge in [-0.2, -0.15) is 0 Å². The van der Waals surface area contributed by atoms with Crippen LogP contribution in [0.1, 0.15) is 30.3 Å². The van der Waals surface area contributed by atoms with Gasteiger partial charge in [0.1, 0.15) is 17.8 Å². The second-order valence-corrected chi connectivity index (χ2v) is 6.78.